The fraction of sp³-hybridized carbons (Fsp3) is 0.571. The van der Waals surface area contributed by atoms with Gasteiger partial charge in [0, 0.05) is 25.7 Å². The van der Waals surface area contributed by atoms with Crippen molar-refractivity contribution in [3.05, 3.63) is 29.8 Å². The van der Waals surface area contributed by atoms with Gasteiger partial charge in [0.05, 0.1) is 4.90 Å². The van der Waals surface area contributed by atoms with E-state index in [1.165, 1.54) is 17.1 Å². The lowest BCUT2D eigenvalue weighted by atomic mass is 10.2. The van der Waals surface area contributed by atoms with Crippen LogP contribution in [0.5, 0.6) is 0 Å². The van der Waals surface area contributed by atoms with Crippen molar-refractivity contribution >= 4 is 10.0 Å². The Hall–Kier alpha value is -0.910. The molecule has 0 atom stereocenters. The number of hydrogen-bond acceptors (Lipinski definition) is 3. The van der Waals surface area contributed by atoms with Crippen molar-refractivity contribution < 1.29 is 8.42 Å². The van der Waals surface area contributed by atoms with E-state index in [0.717, 1.165) is 12.1 Å². The van der Waals surface area contributed by atoms with E-state index in [4.69, 9.17) is 0 Å². The van der Waals surface area contributed by atoms with Crippen LogP contribution >= 0.6 is 0 Å². The van der Waals surface area contributed by atoms with E-state index in [2.05, 4.69) is 5.32 Å². The molecule has 1 aromatic carbocycles. The summed E-state index contributed by atoms with van der Waals surface area (Å²) in [7, 11) is -1.75. The van der Waals surface area contributed by atoms with Gasteiger partial charge in [0.1, 0.15) is 0 Å². The second-order valence-corrected chi connectivity index (χ2v) is 7.41. The first kappa shape index (κ1) is 14.5. The van der Waals surface area contributed by atoms with E-state index in [0.29, 0.717) is 10.9 Å². The van der Waals surface area contributed by atoms with Crippen molar-refractivity contribution in [3.63, 3.8) is 0 Å². The number of sulfonamides is 1. The van der Waals surface area contributed by atoms with Crippen LogP contribution in [0.3, 0.4) is 0 Å². The Kier molecular flexibility index (Phi) is 4.28. The standard InChI is InChI=1S/C14H22N2O2S/c1-11(2)16(3)19(17,18)14-8-4-12(5-9-14)10-15-13-6-7-13/h4-5,8-9,11,13,15H,6-7,10H2,1-3H3. The van der Waals surface area contributed by atoms with Gasteiger partial charge in [-0.25, -0.2) is 8.42 Å². The summed E-state index contributed by atoms with van der Waals surface area (Å²) in [6.45, 7) is 4.54. The molecule has 0 heterocycles. The first-order valence-corrected chi connectivity index (χ1v) is 8.15. The summed E-state index contributed by atoms with van der Waals surface area (Å²) in [6.07, 6.45) is 2.51. The molecule has 0 aliphatic heterocycles. The van der Waals surface area contributed by atoms with E-state index in [9.17, 15) is 8.42 Å². The van der Waals surface area contributed by atoms with Gasteiger partial charge >= 0.3 is 0 Å². The molecular formula is C14H22N2O2S. The second-order valence-electron chi connectivity index (χ2n) is 5.41. The van der Waals surface area contributed by atoms with Crippen LogP contribution in [-0.4, -0.2) is 31.9 Å². The summed E-state index contributed by atoms with van der Waals surface area (Å²) in [4.78, 5) is 0.360. The highest BCUT2D eigenvalue weighted by molar-refractivity contribution is 7.89. The van der Waals surface area contributed by atoms with Crippen LogP contribution < -0.4 is 5.32 Å². The molecule has 1 aromatic rings. The minimum atomic E-state index is -3.36. The predicted molar refractivity (Wildman–Crippen MR) is 76.4 cm³/mol. The maximum Gasteiger partial charge on any atom is 0.243 e. The molecule has 1 aliphatic carbocycles. The summed E-state index contributed by atoms with van der Waals surface area (Å²) >= 11 is 0. The number of benzene rings is 1. The van der Waals surface area contributed by atoms with Crippen molar-refractivity contribution in [2.45, 2.75) is 50.2 Å². The summed E-state index contributed by atoms with van der Waals surface area (Å²) in [5.74, 6) is 0. The van der Waals surface area contributed by atoms with Crippen molar-refractivity contribution in [3.8, 4) is 0 Å². The van der Waals surface area contributed by atoms with Crippen LogP contribution in [0.4, 0.5) is 0 Å². The van der Waals surface area contributed by atoms with Crippen LogP contribution in [0, 0.1) is 0 Å². The highest BCUT2D eigenvalue weighted by atomic mass is 32.2. The normalized spacial score (nSPS) is 16.3. The zero-order valence-corrected chi connectivity index (χ0v) is 12.6. The Bertz CT molecular complexity index is 519. The monoisotopic (exact) mass is 282 g/mol. The lowest BCUT2D eigenvalue weighted by molar-refractivity contribution is 0.410. The molecule has 5 heteroatoms. The lowest BCUT2D eigenvalue weighted by Crippen LogP contribution is -2.33. The first-order valence-electron chi connectivity index (χ1n) is 6.71. The number of nitrogens with one attached hydrogen (secondary N) is 1. The molecule has 0 bridgehead atoms. The fourth-order valence-corrected chi connectivity index (χ4v) is 3.14. The predicted octanol–water partition coefficient (Wildman–Crippen LogP) is 1.97. The Balaban J connectivity index is 2.08. The Labute approximate surface area is 115 Å². The minimum Gasteiger partial charge on any atom is -0.310 e. The Morgan fingerprint density at radius 2 is 1.84 bits per heavy atom. The first-order chi connectivity index (χ1) is 8.91. The van der Waals surface area contributed by atoms with E-state index in [1.807, 2.05) is 26.0 Å². The molecule has 4 nitrogen and oxygen atoms in total. The Morgan fingerprint density at radius 1 is 1.26 bits per heavy atom. The molecule has 1 fully saturated rings. The molecule has 106 valence electrons. The number of nitrogens with zero attached hydrogens (tertiary/aromatic N) is 1. The summed E-state index contributed by atoms with van der Waals surface area (Å²) in [6, 6.07) is 7.78. The lowest BCUT2D eigenvalue weighted by Gasteiger charge is -2.21. The summed E-state index contributed by atoms with van der Waals surface area (Å²) in [5, 5.41) is 3.41. The number of hydrogen-bond donors (Lipinski definition) is 1. The van der Waals surface area contributed by atoms with Crippen molar-refractivity contribution in [1.82, 2.24) is 9.62 Å². The van der Waals surface area contributed by atoms with Gasteiger partial charge in [-0.1, -0.05) is 12.1 Å². The van der Waals surface area contributed by atoms with Crippen molar-refractivity contribution in [2.75, 3.05) is 7.05 Å². The molecule has 2 rings (SSSR count). The average molecular weight is 282 g/mol. The maximum absolute atomic E-state index is 12.3. The maximum atomic E-state index is 12.3. The van der Waals surface area contributed by atoms with Gasteiger partial charge in [0.25, 0.3) is 0 Å². The molecule has 1 N–H and O–H groups in total. The molecule has 1 aliphatic rings. The molecule has 19 heavy (non-hydrogen) atoms. The summed E-state index contributed by atoms with van der Waals surface area (Å²) in [5.41, 5.74) is 1.12. The minimum absolute atomic E-state index is 0.0405. The smallest absolute Gasteiger partial charge is 0.243 e. The van der Waals surface area contributed by atoms with Crippen LogP contribution in [0.2, 0.25) is 0 Å². The van der Waals surface area contributed by atoms with E-state index >= 15 is 0 Å². The third-order valence-electron chi connectivity index (χ3n) is 3.50. The topological polar surface area (TPSA) is 49.4 Å². The molecule has 0 amide bonds. The average Bonchev–Trinajstić information content (AvgIpc) is 3.19. The molecule has 0 unspecified atom stereocenters. The zero-order chi connectivity index (χ0) is 14.0. The quantitative estimate of drug-likeness (QED) is 0.868. The molecule has 0 spiro atoms. The van der Waals surface area contributed by atoms with Gasteiger partial charge in [0.2, 0.25) is 10.0 Å². The molecule has 1 saturated carbocycles. The van der Waals surface area contributed by atoms with Gasteiger partial charge < -0.3 is 5.32 Å². The molecule has 0 saturated heterocycles. The molecule has 0 radical (unpaired) electrons. The third kappa shape index (κ3) is 3.55. The van der Waals surface area contributed by atoms with E-state index in [-0.39, 0.29) is 6.04 Å². The van der Waals surface area contributed by atoms with Crippen LogP contribution in [-0.2, 0) is 16.6 Å². The van der Waals surface area contributed by atoms with Gasteiger partial charge in [-0.05, 0) is 44.4 Å². The van der Waals surface area contributed by atoms with E-state index < -0.39 is 10.0 Å². The van der Waals surface area contributed by atoms with Gasteiger partial charge in [0.15, 0.2) is 0 Å². The largest absolute Gasteiger partial charge is 0.310 e. The highest BCUT2D eigenvalue weighted by Crippen LogP contribution is 2.20. The van der Waals surface area contributed by atoms with Crippen molar-refractivity contribution in [1.29, 1.82) is 0 Å². The second kappa shape index (κ2) is 5.61. The molecule has 0 aromatic heterocycles. The third-order valence-corrected chi connectivity index (χ3v) is 5.55. The summed E-state index contributed by atoms with van der Waals surface area (Å²) < 4.78 is 25.9. The van der Waals surface area contributed by atoms with E-state index in [1.54, 1.807) is 19.2 Å². The van der Waals surface area contributed by atoms with Crippen molar-refractivity contribution in [2.24, 2.45) is 0 Å². The van der Waals surface area contributed by atoms with Gasteiger partial charge in [-0.15, -0.1) is 0 Å². The Morgan fingerprint density at radius 3 is 2.32 bits per heavy atom. The van der Waals surface area contributed by atoms with Crippen LogP contribution in [0.1, 0.15) is 32.3 Å². The highest BCUT2D eigenvalue weighted by Gasteiger charge is 2.23. The van der Waals surface area contributed by atoms with Gasteiger partial charge in [-0.2, -0.15) is 4.31 Å². The number of rotatable bonds is 6. The van der Waals surface area contributed by atoms with Crippen LogP contribution in [0.15, 0.2) is 29.2 Å². The van der Waals surface area contributed by atoms with Gasteiger partial charge in [-0.3, -0.25) is 0 Å². The van der Waals surface area contributed by atoms with Crippen LogP contribution in [0.25, 0.3) is 0 Å². The molecular weight excluding hydrogens is 260 g/mol. The SMILES string of the molecule is CC(C)N(C)S(=O)(=O)c1ccc(CNC2CC2)cc1. The zero-order valence-electron chi connectivity index (χ0n) is 11.8. The fourth-order valence-electron chi connectivity index (χ4n) is 1.77.